The number of halogens is 2. The molecule has 0 spiro atoms. The normalized spacial score (nSPS) is 20.0. The molecule has 2 N–H and O–H groups in total. The van der Waals surface area contributed by atoms with Crippen molar-refractivity contribution in [2.75, 3.05) is 5.32 Å². The number of hydrogen-bond acceptors (Lipinski definition) is 3. The van der Waals surface area contributed by atoms with E-state index in [0.717, 1.165) is 37.8 Å². The summed E-state index contributed by atoms with van der Waals surface area (Å²) in [6.07, 6.45) is 3.81. The SMILES string of the molecule is C[C@H]1CCCC[C@@H]1NS(=O)(=O)c1ccc(F)c(C(=O)Nc2ccccc2Br)c1. The number of rotatable bonds is 5. The Morgan fingerprint density at radius 1 is 1.14 bits per heavy atom. The summed E-state index contributed by atoms with van der Waals surface area (Å²) in [5.74, 6) is -1.26. The zero-order chi connectivity index (χ0) is 20.3. The van der Waals surface area contributed by atoms with Gasteiger partial charge < -0.3 is 5.32 Å². The van der Waals surface area contributed by atoms with Gasteiger partial charge in [-0.1, -0.05) is 31.9 Å². The molecule has 1 saturated carbocycles. The van der Waals surface area contributed by atoms with Crippen LogP contribution in [0, 0.1) is 11.7 Å². The first kappa shape index (κ1) is 21.0. The van der Waals surface area contributed by atoms with E-state index in [2.05, 4.69) is 26.0 Å². The second kappa shape index (κ2) is 8.71. The van der Waals surface area contributed by atoms with Gasteiger partial charge in [0.15, 0.2) is 0 Å². The molecule has 0 aliphatic heterocycles. The number of sulfonamides is 1. The molecule has 3 rings (SSSR count). The van der Waals surface area contributed by atoms with Crippen LogP contribution in [0.25, 0.3) is 0 Å². The Labute approximate surface area is 172 Å². The number of anilines is 1. The molecule has 0 heterocycles. The van der Waals surface area contributed by atoms with Gasteiger partial charge in [-0.3, -0.25) is 4.79 Å². The van der Waals surface area contributed by atoms with Gasteiger partial charge in [0.25, 0.3) is 5.91 Å². The number of amides is 1. The van der Waals surface area contributed by atoms with E-state index in [9.17, 15) is 17.6 Å². The maximum Gasteiger partial charge on any atom is 0.258 e. The third-order valence-electron chi connectivity index (χ3n) is 5.03. The van der Waals surface area contributed by atoms with Crippen LogP contribution in [0.5, 0.6) is 0 Å². The number of hydrogen-bond donors (Lipinski definition) is 2. The Bertz CT molecular complexity index is 981. The monoisotopic (exact) mass is 468 g/mol. The molecule has 1 aliphatic carbocycles. The second-order valence-electron chi connectivity index (χ2n) is 7.07. The van der Waals surface area contributed by atoms with Gasteiger partial charge in [-0.15, -0.1) is 0 Å². The zero-order valence-corrected chi connectivity index (χ0v) is 17.8. The highest BCUT2D eigenvalue weighted by Crippen LogP contribution is 2.26. The summed E-state index contributed by atoms with van der Waals surface area (Å²) < 4.78 is 43.1. The predicted octanol–water partition coefficient (Wildman–Crippen LogP) is 4.70. The Hall–Kier alpha value is -1.77. The molecule has 0 radical (unpaired) electrons. The van der Waals surface area contributed by atoms with Crippen LogP contribution in [0.1, 0.15) is 43.0 Å². The first-order valence-corrected chi connectivity index (χ1v) is 11.4. The molecular weight excluding hydrogens is 447 g/mol. The maximum absolute atomic E-state index is 14.2. The Morgan fingerprint density at radius 2 is 1.86 bits per heavy atom. The lowest BCUT2D eigenvalue weighted by atomic mass is 9.87. The van der Waals surface area contributed by atoms with Crippen molar-refractivity contribution in [3.63, 3.8) is 0 Å². The Balaban J connectivity index is 1.84. The molecule has 0 aromatic heterocycles. The van der Waals surface area contributed by atoms with E-state index in [1.165, 1.54) is 6.07 Å². The summed E-state index contributed by atoms with van der Waals surface area (Å²) in [7, 11) is -3.85. The molecule has 0 unspecified atom stereocenters. The number of para-hydroxylation sites is 1. The van der Waals surface area contributed by atoms with Gasteiger partial charge in [0.2, 0.25) is 10.0 Å². The van der Waals surface area contributed by atoms with Crippen LogP contribution < -0.4 is 10.0 Å². The van der Waals surface area contributed by atoms with Crippen LogP contribution in [0.2, 0.25) is 0 Å². The zero-order valence-electron chi connectivity index (χ0n) is 15.4. The fourth-order valence-corrected chi connectivity index (χ4v) is 5.15. The number of carbonyl (C=O) groups excluding carboxylic acids is 1. The highest BCUT2D eigenvalue weighted by Gasteiger charge is 2.27. The first-order chi connectivity index (χ1) is 13.3. The van der Waals surface area contributed by atoms with E-state index in [4.69, 9.17) is 0 Å². The average Bonchev–Trinajstić information content (AvgIpc) is 2.65. The number of benzene rings is 2. The van der Waals surface area contributed by atoms with E-state index in [0.29, 0.717) is 10.2 Å². The van der Waals surface area contributed by atoms with E-state index in [-0.39, 0.29) is 22.4 Å². The van der Waals surface area contributed by atoms with Gasteiger partial charge in [-0.05, 0) is 65.0 Å². The summed E-state index contributed by atoms with van der Waals surface area (Å²) in [6, 6.07) is 10.0. The summed E-state index contributed by atoms with van der Waals surface area (Å²) >= 11 is 3.31. The van der Waals surface area contributed by atoms with Gasteiger partial charge in [0.1, 0.15) is 5.82 Å². The summed E-state index contributed by atoms with van der Waals surface area (Å²) in [6.45, 7) is 2.02. The molecule has 5 nitrogen and oxygen atoms in total. The molecule has 150 valence electrons. The van der Waals surface area contributed by atoms with Gasteiger partial charge in [-0.25, -0.2) is 17.5 Å². The van der Waals surface area contributed by atoms with Gasteiger partial charge >= 0.3 is 0 Å². The lowest BCUT2D eigenvalue weighted by Gasteiger charge is -2.29. The van der Waals surface area contributed by atoms with Crippen LogP contribution in [-0.4, -0.2) is 20.4 Å². The van der Waals surface area contributed by atoms with Crippen molar-refractivity contribution in [1.82, 2.24) is 4.72 Å². The van der Waals surface area contributed by atoms with Gasteiger partial charge in [-0.2, -0.15) is 0 Å². The Kier molecular flexibility index (Phi) is 6.52. The smallest absolute Gasteiger partial charge is 0.258 e. The van der Waals surface area contributed by atoms with Gasteiger partial charge in [0.05, 0.1) is 16.1 Å². The number of nitrogens with one attached hydrogen (secondary N) is 2. The third-order valence-corrected chi connectivity index (χ3v) is 7.21. The maximum atomic E-state index is 14.2. The van der Waals surface area contributed by atoms with Crippen molar-refractivity contribution in [2.45, 2.75) is 43.5 Å². The van der Waals surface area contributed by atoms with Crippen molar-refractivity contribution < 1.29 is 17.6 Å². The quantitative estimate of drug-likeness (QED) is 0.667. The highest BCUT2D eigenvalue weighted by molar-refractivity contribution is 9.10. The minimum atomic E-state index is -3.85. The van der Waals surface area contributed by atoms with E-state index in [1.807, 2.05) is 6.92 Å². The predicted molar refractivity (Wildman–Crippen MR) is 110 cm³/mol. The molecule has 2 aromatic rings. The van der Waals surface area contributed by atoms with Crippen LogP contribution in [0.15, 0.2) is 51.8 Å². The minimum Gasteiger partial charge on any atom is -0.321 e. The van der Waals surface area contributed by atoms with Crippen LogP contribution in [-0.2, 0) is 10.0 Å². The fourth-order valence-electron chi connectivity index (χ4n) is 3.36. The van der Waals surface area contributed by atoms with Crippen LogP contribution in [0.3, 0.4) is 0 Å². The van der Waals surface area contributed by atoms with Crippen molar-refractivity contribution in [2.24, 2.45) is 5.92 Å². The van der Waals surface area contributed by atoms with Crippen molar-refractivity contribution >= 4 is 37.5 Å². The van der Waals surface area contributed by atoms with Crippen molar-refractivity contribution in [3.05, 3.63) is 58.3 Å². The lowest BCUT2D eigenvalue weighted by Crippen LogP contribution is -2.41. The summed E-state index contributed by atoms with van der Waals surface area (Å²) in [4.78, 5) is 12.4. The van der Waals surface area contributed by atoms with Crippen molar-refractivity contribution in [1.29, 1.82) is 0 Å². The van der Waals surface area contributed by atoms with E-state index in [1.54, 1.807) is 24.3 Å². The topological polar surface area (TPSA) is 75.3 Å². The highest BCUT2D eigenvalue weighted by atomic mass is 79.9. The molecule has 1 amide bonds. The van der Waals surface area contributed by atoms with Crippen molar-refractivity contribution in [3.8, 4) is 0 Å². The largest absolute Gasteiger partial charge is 0.321 e. The molecule has 0 bridgehead atoms. The first-order valence-electron chi connectivity index (χ1n) is 9.15. The second-order valence-corrected chi connectivity index (χ2v) is 9.63. The molecular formula is C20H22BrFN2O3S. The molecule has 1 aliphatic rings. The third kappa shape index (κ3) is 4.79. The Morgan fingerprint density at radius 3 is 2.57 bits per heavy atom. The van der Waals surface area contributed by atoms with E-state index < -0.39 is 21.7 Å². The lowest BCUT2D eigenvalue weighted by molar-refractivity contribution is 0.102. The minimum absolute atomic E-state index is 0.121. The molecule has 28 heavy (non-hydrogen) atoms. The molecule has 2 aromatic carbocycles. The van der Waals surface area contributed by atoms with E-state index >= 15 is 0 Å². The summed E-state index contributed by atoms with van der Waals surface area (Å²) in [5, 5.41) is 2.59. The van der Waals surface area contributed by atoms with Gasteiger partial charge in [0, 0.05) is 10.5 Å². The standard InChI is InChI=1S/C20H22BrFN2O3S/c1-13-6-2-4-8-18(13)24-28(26,27)14-10-11-17(22)15(12-14)20(25)23-19-9-5-3-7-16(19)21/h3,5,7,9-13,18,24H,2,4,6,8H2,1H3,(H,23,25)/t13-,18-/m0/s1. The summed E-state index contributed by atoms with van der Waals surface area (Å²) in [5.41, 5.74) is 0.143. The molecule has 0 saturated heterocycles. The van der Waals surface area contributed by atoms with Crippen LogP contribution >= 0.6 is 15.9 Å². The fraction of sp³-hybridized carbons (Fsp3) is 0.350. The average molecular weight is 469 g/mol. The molecule has 2 atom stereocenters. The molecule has 8 heteroatoms. The molecule has 1 fully saturated rings. The number of carbonyl (C=O) groups is 1. The van der Waals surface area contributed by atoms with Crippen LogP contribution in [0.4, 0.5) is 10.1 Å².